The monoisotopic (exact) mass is 286 g/mol. The number of hydrogen-bond donors (Lipinski definition) is 1. The van der Waals surface area contributed by atoms with Gasteiger partial charge in [0.15, 0.2) is 0 Å². The Kier molecular flexibility index (Phi) is 4.20. The first kappa shape index (κ1) is 13.8. The Morgan fingerprint density at radius 3 is 2.70 bits per heavy atom. The van der Waals surface area contributed by atoms with Crippen molar-refractivity contribution < 1.29 is 0 Å². The van der Waals surface area contributed by atoms with Crippen LogP contribution in [0.4, 0.5) is 0 Å². The van der Waals surface area contributed by atoms with E-state index in [0.717, 1.165) is 6.54 Å². The molecule has 2 heterocycles. The van der Waals surface area contributed by atoms with Crippen molar-refractivity contribution in [1.82, 2.24) is 4.90 Å². The normalized spacial score (nSPS) is 21.2. The van der Waals surface area contributed by atoms with Gasteiger partial charge in [-0.05, 0) is 44.0 Å². The summed E-state index contributed by atoms with van der Waals surface area (Å²) in [4.78, 5) is 5.38. The van der Waals surface area contributed by atoms with Crippen molar-refractivity contribution in [2.75, 3.05) is 13.1 Å². The van der Waals surface area contributed by atoms with Crippen LogP contribution in [0.15, 0.2) is 42.5 Å². The number of nitrogens with two attached hydrogens (primary N) is 1. The largest absolute Gasteiger partial charge is 0.329 e. The molecule has 1 fully saturated rings. The molecule has 0 saturated carbocycles. The zero-order valence-electron chi connectivity index (χ0n) is 12.0. The quantitative estimate of drug-likeness (QED) is 0.924. The Morgan fingerprint density at radius 1 is 1.25 bits per heavy atom. The van der Waals surface area contributed by atoms with E-state index >= 15 is 0 Å². The molecule has 1 aromatic carbocycles. The lowest BCUT2D eigenvalue weighted by Crippen LogP contribution is -2.32. The van der Waals surface area contributed by atoms with Gasteiger partial charge in [0, 0.05) is 22.3 Å². The summed E-state index contributed by atoms with van der Waals surface area (Å²) >= 11 is 1.88. The topological polar surface area (TPSA) is 29.3 Å². The first-order valence-electron chi connectivity index (χ1n) is 7.36. The van der Waals surface area contributed by atoms with E-state index in [2.05, 4.69) is 54.3 Å². The van der Waals surface area contributed by atoms with Crippen LogP contribution in [0.1, 0.15) is 40.2 Å². The minimum atomic E-state index is 0.362. The molecule has 2 N–H and O–H groups in total. The number of benzene rings is 1. The molecule has 1 aliphatic heterocycles. The molecular formula is C17H22N2S. The highest BCUT2D eigenvalue weighted by Crippen LogP contribution is 2.39. The minimum absolute atomic E-state index is 0.362. The second kappa shape index (κ2) is 6.08. The van der Waals surface area contributed by atoms with Gasteiger partial charge in [0.25, 0.3) is 0 Å². The summed E-state index contributed by atoms with van der Waals surface area (Å²) in [5.74, 6) is 0. The molecule has 106 valence electrons. The van der Waals surface area contributed by atoms with E-state index in [9.17, 15) is 0 Å². The van der Waals surface area contributed by atoms with Crippen LogP contribution in [-0.2, 0) is 0 Å². The molecule has 2 aromatic rings. The first-order chi connectivity index (χ1) is 9.79. The average Bonchev–Trinajstić information content (AvgIpc) is 3.11. The molecule has 1 aliphatic rings. The third-order valence-corrected chi connectivity index (χ3v) is 5.29. The van der Waals surface area contributed by atoms with Crippen LogP contribution in [0, 0.1) is 6.92 Å². The summed E-state index contributed by atoms with van der Waals surface area (Å²) in [6.07, 6.45) is 2.51. The summed E-state index contributed by atoms with van der Waals surface area (Å²) in [7, 11) is 0. The molecule has 1 aromatic heterocycles. The molecule has 0 radical (unpaired) electrons. The van der Waals surface area contributed by atoms with Crippen LogP contribution in [0.5, 0.6) is 0 Å². The molecule has 0 bridgehead atoms. The fraction of sp³-hybridized carbons (Fsp3) is 0.412. The van der Waals surface area contributed by atoms with Gasteiger partial charge in [-0.1, -0.05) is 30.3 Å². The van der Waals surface area contributed by atoms with Gasteiger partial charge in [0.2, 0.25) is 0 Å². The molecular weight excluding hydrogens is 264 g/mol. The van der Waals surface area contributed by atoms with Crippen LogP contribution >= 0.6 is 11.3 Å². The minimum Gasteiger partial charge on any atom is -0.329 e. The highest BCUT2D eigenvalue weighted by atomic mass is 32.1. The highest BCUT2D eigenvalue weighted by Gasteiger charge is 2.32. The lowest BCUT2D eigenvalue weighted by Gasteiger charge is -2.32. The maximum Gasteiger partial charge on any atom is 0.0569 e. The number of thiophene rings is 1. The molecule has 0 aliphatic carbocycles. The lowest BCUT2D eigenvalue weighted by molar-refractivity contribution is 0.188. The molecule has 0 spiro atoms. The van der Waals surface area contributed by atoms with Gasteiger partial charge >= 0.3 is 0 Å². The number of hydrogen-bond acceptors (Lipinski definition) is 3. The zero-order valence-corrected chi connectivity index (χ0v) is 12.8. The van der Waals surface area contributed by atoms with Crippen LogP contribution in [0.2, 0.25) is 0 Å². The predicted molar refractivity (Wildman–Crippen MR) is 86.0 cm³/mol. The van der Waals surface area contributed by atoms with Crippen molar-refractivity contribution in [2.45, 2.75) is 31.8 Å². The molecule has 3 rings (SSSR count). The van der Waals surface area contributed by atoms with E-state index < -0.39 is 0 Å². The van der Waals surface area contributed by atoms with E-state index in [4.69, 9.17) is 5.73 Å². The van der Waals surface area contributed by atoms with Gasteiger partial charge in [-0.3, -0.25) is 4.90 Å². The maximum absolute atomic E-state index is 6.10. The van der Waals surface area contributed by atoms with Crippen LogP contribution in [0.3, 0.4) is 0 Å². The summed E-state index contributed by atoms with van der Waals surface area (Å²) in [5.41, 5.74) is 7.53. The van der Waals surface area contributed by atoms with Crippen LogP contribution in [-0.4, -0.2) is 18.0 Å². The summed E-state index contributed by atoms with van der Waals surface area (Å²) in [5, 5.41) is 0. The van der Waals surface area contributed by atoms with Gasteiger partial charge in [0.1, 0.15) is 0 Å². The van der Waals surface area contributed by atoms with E-state index in [0.29, 0.717) is 18.6 Å². The van der Waals surface area contributed by atoms with Gasteiger partial charge in [0.05, 0.1) is 6.04 Å². The molecule has 1 saturated heterocycles. The summed E-state index contributed by atoms with van der Waals surface area (Å²) < 4.78 is 0. The number of aryl methyl sites for hydroxylation is 1. The second-order valence-corrected chi connectivity index (χ2v) is 6.83. The number of nitrogens with zero attached hydrogens (tertiary/aromatic N) is 1. The number of likely N-dealkylation sites (tertiary alicyclic amines) is 1. The number of rotatable bonds is 4. The summed E-state index contributed by atoms with van der Waals surface area (Å²) in [6, 6.07) is 16.2. The Morgan fingerprint density at radius 2 is 2.05 bits per heavy atom. The standard InChI is InChI=1S/C17H22N2S/c1-13-9-10-17(20-13)16(12-18)19-11-5-8-15(19)14-6-3-2-4-7-14/h2-4,6-7,9-10,15-16H,5,8,11-12,18H2,1H3. The Labute approximate surface area is 125 Å². The molecule has 2 atom stereocenters. The summed E-state index contributed by atoms with van der Waals surface area (Å²) in [6.45, 7) is 4.02. The second-order valence-electron chi connectivity index (χ2n) is 5.51. The SMILES string of the molecule is Cc1ccc(C(CN)N2CCCC2c2ccccc2)s1. The van der Waals surface area contributed by atoms with Crippen molar-refractivity contribution in [1.29, 1.82) is 0 Å². The smallest absolute Gasteiger partial charge is 0.0569 e. The highest BCUT2D eigenvalue weighted by molar-refractivity contribution is 7.12. The van der Waals surface area contributed by atoms with E-state index in [1.165, 1.54) is 28.2 Å². The zero-order chi connectivity index (χ0) is 13.9. The van der Waals surface area contributed by atoms with Gasteiger partial charge < -0.3 is 5.73 Å². The average molecular weight is 286 g/mol. The Bertz CT molecular complexity index is 549. The lowest BCUT2D eigenvalue weighted by atomic mass is 10.0. The predicted octanol–water partition coefficient (Wildman–Crippen LogP) is 3.89. The fourth-order valence-electron chi connectivity index (χ4n) is 3.24. The third-order valence-electron chi connectivity index (χ3n) is 4.19. The molecule has 20 heavy (non-hydrogen) atoms. The Balaban J connectivity index is 1.87. The van der Waals surface area contributed by atoms with E-state index in [1.54, 1.807) is 0 Å². The van der Waals surface area contributed by atoms with E-state index in [-0.39, 0.29) is 0 Å². The van der Waals surface area contributed by atoms with Crippen LogP contribution < -0.4 is 5.73 Å². The van der Waals surface area contributed by atoms with Crippen molar-refractivity contribution in [3.05, 3.63) is 57.8 Å². The molecule has 2 unspecified atom stereocenters. The maximum atomic E-state index is 6.10. The first-order valence-corrected chi connectivity index (χ1v) is 8.18. The molecule has 0 amide bonds. The fourth-order valence-corrected chi connectivity index (χ4v) is 4.25. The van der Waals surface area contributed by atoms with Crippen molar-refractivity contribution in [2.24, 2.45) is 5.73 Å². The van der Waals surface area contributed by atoms with Crippen molar-refractivity contribution in [3.8, 4) is 0 Å². The van der Waals surface area contributed by atoms with Gasteiger partial charge in [-0.15, -0.1) is 11.3 Å². The van der Waals surface area contributed by atoms with Crippen molar-refractivity contribution >= 4 is 11.3 Å². The van der Waals surface area contributed by atoms with Crippen LogP contribution in [0.25, 0.3) is 0 Å². The Hall–Kier alpha value is -1.16. The third kappa shape index (κ3) is 2.66. The van der Waals surface area contributed by atoms with E-state index in [1.807, 2.05) is 11.3 Å². The van der Waals surface area contributed by atoms with Gasteiger partial charge in [-0.2, -0.15) is 0 Å². The molecule has 3 heteroatoms. The van der Waals surface area contributed by atoms with Crippen molar-refractivity contribution in [3.63, 3.8) is 0 Å². The van der Waals surface area contributed by atoms with Gasteiger partial charge in [-0.25, -0.2) is 0 Å². The molecule has 2 nitrogen and oxygen atoms in total.